The van der Waals surface area contributed by atoms with Crippen molar-refractivity contribution in [3.05, 3.63) is 53.3 Å². The highest BCUT2D eigenvalue weighted by Gasteiger charge is 2.36. The quantitative estimate of drug-likeness (QED) is 0.604. The van der Waals surface area contributed by atoms with Crippen molar-refractivity contribution in [3.63, 3.8) is 0 Å². The van der Waals surface area contributed by atoms with Crippen LogP contribution in [-0.4, -0.2) is 40.3 Å². The summed E-state index contributed by atoms with van der Waals surface area (Å²) < 4.78 is 43.1. The molecular weight excluding hydrogens is 415 g/mol. The van der Waals surface area contributed by atoms with E-state index in [1.807, 2.05) is 6.07 Å². The molecule has 1 aliphatic heterocycles. The molecule has 1 fully saturated rings. The smallest absolute Gasteiger partial charge is 0.243 e. The fourth-order valence-electron chi connectivity index (χ4n) is 3.80. The van der Waals surface area contributed by atoms with E-state index in [2.05, 4.69) is 23.4 Å². The summed E-state index contributed by atoms with van der Waals surface area (Å²) in [4.78, 5) is 9.02. The van der Waals surface area contributed by atoms with Gasteiger partial charge in [0.25, 0.3) is 0 Å². The number of hydrogen-bond acceptors (Lipinski definition) is 4. The molecule has 0 spiro atoms. The molecule has 6 nitrogen and oxygen atoms in total. The summed E-state index contributed by atoms with van der Waals surface area (Å²) in [5, 5.41) is -0.201. The largest absolute Gasteiger partial charge is 0.326 e. The van der Waals surface area contributed by atoms with Gasteiger partial charge in [-0.25, -0.2) is 17.8 Å². The lowest BCUT2D eigenvalue weighted by molar-refractivity contribution is 0.462. The third kappa shape index (κ3) is 3.76. The van der Waals surface area contributed by atoms with E-state index in [1.54, 1.807) is 12.4 Å². The molecule has 154 valence electrons. The predicted octanol–water partition coefficient (Wildman–Crippen LogP) is 4.06. The molecule has 1 atom stereocenters. The van der Waals surface area contributed by atoms with E-state index in [0.717, 1.165) is 29.5 Å². The van der Waals surface area contributed by atoms with Gasteiger partial charge in [-0.3, -0.25) is 4.98 Å². The number of sulfonamides is 1. The first-order valence-corrected chi connectivity index (χ1v) is 11.3. The van der Waals surface area contributed by atoms with Crippen molar-refractivity contribution in [2.24, 2.45) is 5.92 Å². The van der Waals surface area contributed by atoms with Crippen LogP contribution in [0.4, 0.5) is 4.39 Å². The fraction of sp³-hybridized carbons (Fsp3) is 0.400. The van der Waals surface area contributed by atoms with Crippen LogP contribution in [-0.2, 0) is 16.6 Å². The Morgan fingerprint density at radius 1 is 1.31 bits per heavy atom. The van der Waals surface area contributed by atoms with Gasteiger partial charge in [0.1, 0.15) is 11.6 Å². The zero-order valence-corrected chi connectivity index (χ0v) is 17.8. The van der Waals surface area contributed by atoms with Crippen molar-refractivity contribution in [2.75, 3.05) is 13.1 Å². The lowest BCUT2D eigenvalue weighted by Gasteiger charge is -2.18. The molecular formula is C20H22ClFN4O2S. The van der Waals surface area contributed by atoms with E-state index in [-0.39, 0.29) is 15.8 Å². The summed E-state index contributed by atoms with van der Waals surface area (Å²) in [5.74, 6) is 0.637. The summed E-state index contributed by atoms with van der Waals surface area (Å²) in [5.41, 5.74) is 1.82. The van der Waals surface area contributed by atoms with E-state index < -0.39 is 15.8 Å². The molecule has 1 saturated heterocycles. The highest BCUT2D eigenvalue weighted by atomic mass is 35.5. The number of imidazole rings is 1. The molecule has 9 heteroatoms. The van der Waals surface area contributed by atoms with Gasteiger partial charge >= 0.3 is 0 Å². The molecule has 0 N–H and O–H groups in total. The molecule has 2 aromatic heterocycles. The molecule has 0 aliphatic carbocycles. The normalized spacial score (nSPS) is 18.2. The second-order valence-electron chi connectivity index (χ2n) is 7.76. The Bertz CT molecular complexity index is 1160. The third-order valence-corrected chi connectivity index (χ3v) is 7.32. The van der Waals surface area contributed by atoms with Crippen molar-refractivity contribution in [1.82, 2.24) is 18.8 Å². The van der Waals surface area contributed by atoms with Crippen LogP contribution >= 0.6 is 11.6 Å². The summed E-state index contributed by atoms with van der Waals surface area (Å²) in [6.45, 7) is 5.76. The number of pyridine rings is 1. The van der Waals surface area contributed by atoms with E-state index in [4.69, 9.17) is 16.6 Å². The van der Waals surface area contributed by atoms with Gasteiger partial charge in [-0.1, -0.05) is 25.4 Å². The maximum Gasteiger partial charge on any atom is 0.243 e. The van der Waals surface area contributed by atoms with Crippen molar-refractivity contribution in [2.45, 2.75) is 37.6 Å². The molecule has 0 radical (unpaired) electrons. The molecule has 29 heavy (non-hydrogen) atoms. The number of benzene rings is 1. The molecule has 0 bridgehead atoms. The average Bonchev–Trinajstić information content (AvgIpc) is 3.29. The van der Waals surface area contributed by atoms with Crippen LogP contribution in [0.25, 0.3) is 11.0 Å². The molecule has 0 saturated carbocycles. The van der Waals surface area contributed by atoms with Crippen LogP contribution in [0.1, 0.15) is 32.0 Å². The topological polar surface area (TPSA) is 68.1 Å². The monoisotopic (exact) mass is 436 g/mol. The van der Waals surface area contributed by atoms with Crippen molar-refractivity contribution >= 4 is 32.7 Å². The molecule has 0 amide bonds. The molecule has 1 aromatic carbocycles. The second-order valence-corrected chi connectivity index (χ2v) is 10.1. The fourth-order valence-corrected chi connectivity index (χ4v) is 5.57. The molecule has 4 rings (SSSR count). The number of aromatic nitrogens is 3. The van der Waals surface area contributed by atoms with E-state index in [0.29, 0.717) is 25.4 Å². The van der Waals surface area contributed by atoms with Gasteiger partial charge in [0.2, 0.25) is 10.0 Å². The van der Waals surface area contributed by atoms with Crippen molar-refractivity contribution < 1.29 is 12.8 Å². The number of halogens is 2. The highest BCUT2D eigenvalue weighted by Crippen LogP contribution is 2.33. The average molecular weight is 437 g/mol. The Morgan fingerprint density at radius 3 is 2.83 bits per heavy atom. The zero-order chi connectivity index (χ0) is 20.8. The summed E-state index contributed by atoms with van der Waals surface area (Å²) in [6, 6.07) is 5.38. The Hall–Kier alpha value is -2.03. The van der Waals surface area contributed by atoms with Crippen LogP contribution in [0, 0.1) is 11.7 Å². The first-order valence-electron chi connectivity index (χ1n) is 9.52. The predicted molar refractivity (Wildman–Crippen MR) is 110 cm³/mol. The lowest BCUT2D eigenvalue weighted by Crippen LogP contribution is -2.29. The van der Waals surface area contributed by atoms with Crippen LogP contribution in [0.5, 0.6) is 0 Å². The van der Waals surface area contributed by atoms with Crippen LogP contribution in [0.2, 0.25) is 5.02 Å². The first kappa shape index (κ1) is 20.3. The molecule has 3 aromatic rings. The lowest BCUT2D eigenvalue weighted by atomic mass is 10.1. The van der Waals surface area contributed by atoms with Gasteiger partial charge < -0.3 is 4.57 Å². The SMILES string of the molecule is CC(C)Cn1c([C@H]2CCN(S(=O)(=O)c3ccc(F)c(Cl)c3)C2)nc2ccncc21. The maximum absolute atomic E-state index is 13.4. The minimum Gasteiger partial charge on any atom is -0.326 e. The summed E-state index contributed by atoms with van der Waals surface area (Å²) in [7, 11) is -3.75. The minimum absolute atomic E-state index is 0.00410. The summed E-state index contributed by atoms with van der Waals surface area (Å²) >= 11 is 5.79. The van der Waals surface area contributed by atoms with Gasteiger partial charge in [0.05, 0.1) is 27.1 Å². The number of hydrogen-bond donors (Lipinski definition) is 0. The van der Waals surface area contributed by atoms with Gasteiger partial charge in [-0.15, -0.1) is 0 Å². The number of nitrogens with zero attached hydrogens (tertiary/aromatic N) is 4. The van der Waals surface area contributed by atoms with Crippen LogP contribution < -0.4 is 0 Å². The van der Waals surface area contributed by atoms with Crippen molar-refractivity contribution in [1.29, 1.82) is 0 Å². The molecule has 1 aliphatic rings. The van der Waals surface area contributed by atoms with Crippen LogP contribution in [0.15, 0.2) is 41.6 Å². The first-order chi connectivity index (χ1) is 13.8. The highest BCUT2D eigenvalue weighted by molar-refractivity contribution is 7.89. The minimum atomic E-state index is -3.75. The number of fused-ring (bicyclic) bond motifs is 1. The Kier molecular flexibility index (Phi) is 5.35. The maximum atomic E-state index is 13.4. The van der Waals surface area contributed by atoms with Gasteiger partial charge in [-0.05, 0) is 36.6 Å². The Balaban J connectivity index is 1.65. The van der Waals surface area contributed by atoms with Gasteiger partial charge in [0, 0.05) is 31.7 Å². The summed E-state index contributed by atoms with van der Waals surface area (Å²) in [6.07, 6.45) is 4.18. The Labute approximate surface area is 174 Å². The van der Waals surface area contributed by atoms with E-state index in [9.17, 15) is 12.8 Å². The third-order valence-electron chi connectivity index (χ3n) is 5.17. The van der Waals surface area contributed by atoms with E-state index in [1.165, 1.54) is 16.4 Å². The van der Waals surface area contributed by atoms with E-state index >= 15 is 0 Å². The van der Waals surface area contributed by atoms with Crippen LogP contribution in [0.3, 0.4) is 0 Å². The van der Waals surface area contributed by atoms with Gasteiger partial charge in [0.15, 0.2) is 0 Å². The van der Waals surface area contributed by atoms with Crippen molar-refractivity contribution in [3.8, 4) is 0 Å². The molecule has 0 unspecified atom stereocenters. The molecule has 3 heterocycles. The Morgan fingerprint density at radius 2 is 2.10 bits per heavy atom. The van der Waals surface area contributed by atoms with Gasteiger partial charge in [-0.2, -0.15) is 4.31 Å². The standard InChI is InChI=1S/C20H22ClFN4O2S/c1-13(2)11-26-19-10-23-7-5-18(19)24-20(26)14-6-8-25(12-14)29(27,28)15-3-4-17(22)16(21)9-15/h3-5,7,9-10,13-14H,6,8,11-12H2,1-2H3/t14-/m0/s1. The zero-order valence-electron chi connectivity index (χ0n) is 16.2. The number of rotatable bonds is 5. The second kappa shape index (κ2) is 7.66.